The smallest absolute Gasteiger partial charge is 0.311 e. The van der Waals surface area contributed by atoms with Gasteiger partial charge in [-0.15, -0.1) is 6.42 Å². The lowest BCUT2D eigenvalue weighted by Crippen LogP contribution is -2.51. The van der Waals surface area contributed by atoms with Gasteiger partial charge in [0.05, 0.1) is 18.1 Å². The molecule has 1 fully saturated rings. The van der Waals surface area contributed by atoms with Gasteiger partial charge in [0.1, 0.15) is 6.10 Å². The van der Waals surface area contributed by atoms with Crippen molar-refractivity contribution < 1.29 is 19.0 Å². The Morgan fingerprint density at radius 2 is 1.96 bits per heavy atom. The fourth-order valence-electron chi connectivity index (χ4n) is 3.03. The van der Waals surface area contributed by atoms with Gasteiger partial charge in [-0.25, -0.2) is 0 Å². The molecule has 26 heavy (non-hydrogen) atoms. The lowest BCUT2D eigenvalue weighted by Gasteiger charge is -2.45. The van der Waals surface area contributed by atoms with E-state index in [9.17, 15) is 4.79 Å². The van der Waals surface area contributed by atoms with Crippen LogP contribution in [0, 0.1) is 29.6 Å². The SMILES string of the molecule is C#C[C@@H]1OC(C)(C)O[C@@H]([C@@H](C)/C(C)=C/CCCOC(=O)C(C)(C)C)[C@H]1C. The Morgan fingerprint density at radius 3 is 2.50 bits per heavy atom. The first-order valence-corrected chi connectivity index (χ1v) is 9.54. The van der Waals surface area contributed by atoms with Gasteiger partial charge >= 0.3 is 5.97 Å². The Balaban J connectivity index is 2.57. The van der Waals surface area contributed by atoms with E-state index < -0.39 is 11.2 Å². The van der Waals surface area contributed by atoms with Gasteiger partial charge in [0, 0.05) is 11.8 Å². The number of ether oxygens (including phenoxy) is 3. The number of rotatable bonds is 6. The Kier molecular flexibility index (Phi) is 7.92. The normalized spacial score (nSPS) is 27.5. The topological polar surface area (TPSA) is 44.8 Å². The van der Waals surface area contributed by atoms with Crippen molar-refractivity contribution in [3.8, 4) is 12.3 Å². The number of allylic oxidation sites excluding steroid dienone is 1. The second-order valence-corrected chi connectivity index (χ2v) is 8.81. The molecule has 1 aliphatic heterocycles. The molecule has 0 unspecified atom stereocenters. The van der Waals surface area contributed by atoms with Crippen LogP contribution in [-0.2, 0) is 19.0 Å². The summed E-state index contributed by atoms with van der Waals surface area (Å²) in [5.41, 5.74) is 0.814. The maximum Gasteiger partial charge on any atom is 0.311 e. The second-order valence-electron chi connectivity index (χ2n) is 8.81. The molecule has 0 N–H and O–H groups in total. The van der Waals surface area contributed by atoms with Crippen LogP contribution in [-0.4, -0.2) is 30.6 Å². The molecule has 0 amide bonds. The molecule has 1 aliphatic rings. The largest absolute Gasteiger partial charge is 0.465 e. The molecule has 4 atom stereocenters. The molecule has 4 heteroatoms. The summed E-state index contributed by atoms with van der Waals surface area (Å²) in [5.74, 6) is 2.28. The molecule has 1 saturated heterocycles. The Labute approximate surface area is 159 Å². The van der Waals surface area contributed by atoms with E-state index in [0.29, 0.717) is 6.61 Å². The van der Waals surface area contributed by atoms with Crippen LogP contribution in [0.3, 0.4) is 0 Å². The molecule has 0 bridgehead atoms. The number of carbonyl (C=O) groups is 1. The highest BCUT2D eigenvalue weighted by molar-refractivity contribution is 5.75. The molecule has 148 valence electrons. The van der Waals surface area contributed by atoms with Crippen LogP contribution < -0.4 is 0 Å². The molecule has 0 saturated carbocycles. The molecular weight excluding hydrogens is 328 g/mol. The third kappa shape index (κ3) is 6.45. The third-order valence-electron chi connectivity index (χ3n) is 4.86. The number of carbonyl (C=O) groups excluding carboxylic acids is 1. The minimum atomic E-state index is -0.677. The first-order valence-electron chi connectivity index (χ1n) is 9.54. The number of hydrogen-bond acceptors (Lipinski definition) is 4. The van der Waals surface area contributed by atoms with E-state index in [1.54, 1.807) is 0 Å². The molecule has 0 aliphatic carbocycles. The Bertz CT molecular complexity index is 547. The maximum absolute atomic E-state index is 11.8. The van der Waals surface area contributed by atoms with Gasteiger partial charge in [-0.1, -0.05) is 31.4 Å². The summed E-state index contributed by atoms with van der Waals surface area (Å²) in [6.45, 7) is 16.2. The van der Waals surface area contributed by atoms with Gasteiger partial charge in [0.25, 0.3) is 0 Å². The van der Waals surface area contributed by atoms with Crippen molar-refractivity contribution in [2.45, 2.75) is 86.2 Å². The molecule has 4 nitrogen and oxygen atoms in total. The van der Waals surface area contributed by atoms with Crippen molar-refractivity contribution in [2.75, 3.05) is 6.61 Å². The van der Waals surface area contributed by atoms with Gasteiger partial charge in [-0.2, -0.15) is 0 Å². The summed E-state index contributed by atoms with van der Waals surface area (Å²) >= 11 is 0. The lowest BCUT2D eigenvalue weighted by molar-refractivity contribution is -0.313. The number of unbranched alkanes of at least 4 members (excludes halogenated alkanes) is 1. The average Bonchev–Trinajstić information content (AvgIpc) is 2.54. The molecule has 0 spiro atoms. The van der Waals surface area contributed by atoms with Crippen molar-refractivity contribution in [2.24, 2.45) is 17.3 Å². The van der Waals surface area contributed by atoms with Crippen molar-refractivity contribution in [3.63, 3.8) is 0 Å². The summed E-state index contributed by atoms with van der Waals surface area (Å²) in [6, 6.07) is 0. The van der Waals surface area contributed by atoms with Gasteiger partial charge in [0.2, 0.25) is 0 Å². The number of esters is 1. The van der Waals surface area contributed by atoms with Crippen LogP contribution in [0.15, 0.2) is 11.6 Å². The van der Waals surface area contributed by atoms with E-state index in [4.69, 9.17) is 20.6 Å². The molecule has 1 rings (SSSR count). The van der Waals surface area contributed by atoms with Crippen molar-refractivity contribution in [1.29, 1.82) is 0 Å². The Hall–Kier alpha value is -1.31. The highest BCUT2D eigenvalue weighted by Gasteiger charge is 2.42. The van der Waals surface area contributed by atoms with Crippen LogP contribution in [0.2, 0.25) is 0 Å². The number of hydrogen-bond donors (Lipinski definition) is 0. The summed E-state index contributed by atoms with van der Waals surface area (Å²) in [6.07, 6.45) is 9.29. The molecule has 0 aromatic rings. The van der Waals surface area contributed by atoms with E-state index in [-0.39, 0.29) is 30.0 Å². The monoisotopic (exact) mass is 364 g/mol. The van der Waals surface area contributed by atoms with Gasteiger partial charge in [0.15, 0.2) is 5.79 Å². The first-order chi connectivity index (χ1) is 11.9. The summed E-state index contributed by atoms with van der Waals surface area (Å²) in [4.78, 5) is 11.8. The maximum atomic E-state index is 11.8. The standard InChI is InChI=1S/C22H36O4/c1-10-18-17(4)19(26-22(8,9)25-18)16(3)15(2)13-11-12-14-24-20(23)21(5,6)7/h1,13,16-19H,11-12,14H2,2-9H3/b15-13+/t16-,17-,18-,19-/m0/s1. The van der Waals surface area contributed by atoms with Crippen LogP contribution in [0.5, 0.6) is 0 Å². The van der Waals surface area contributed by atoms with E-state index in [1.165, 1.54) is 5.57 Å². The summed E-state index contributed by atoms with van der Waals surface area (Å²) in [5, 5.41) is 0. The Morgan fingerprint density at radius 1 is 1.35 bits per heavy atom. The highest BCUT2D eigenvalue weighted by atomic mass is 16.7. The zero-order valence-electron chi connectivity index (χ0n) is 17.7. The fraction of sp³-hybridized carbons (Fsp3) is 0.773. The molecule has 0 aromatic carbocycles. The molecule has 0 aromatic heterocycles. The molecule has 0 radical (unpaired) electrons. The van der Waals surface area contributed by atoms with E-state index in [2.05, 4.69) is 32.8 Å². The summed E-state index contributed by atoms with van der Waals surface area (Å²) in [7, 11) is 0. The van der Waals surface area contributed by atoms with Crippen LogP contribution in [0.25, 0.3) is 0 Å². The predicted octanol–water partition coefficient (Wildman–Crippen LogP) is 4.73. The molecular formula is C22H36O4. The van der Waals surface area contributed by atoms with E-state index in [1.807, 2.05) is 34.6 Å². The third-order valence-corrected chi connectivity index (χ3v) is 4.86. The van der Waals surface area contributed by atoms with Crippen LogP contribution >= 0.6 is 0 Å². The summed E-state index contributed by atoms with van der Waals surface area (Å²) < 4.78 is 17.3. The molecule has 1 heterocycles. The van der Waals surface area contributed by atoms with E-state index >= 15 is 0 Å². The zero-order valence-corrected chi connectivity index (χ0v) is 17.7. The highest BCUT2D eigenvalue weighted by Crippen LogP contribution is 2.36. The lowest BCUT2D eigenvalue weighted by atomic mass is 9.83. The zero-order chi connectivity index (χ0) is 20.1. The van der Waals surface area contributed by atoms with Gasteiger partial charge < -0.3 is 14.2 Å². The van der Waals surface area contributed by atoms with Crippen molar-refractivity contribution in [1.82, 2.24) is 0 Å². The van der Waals surface area contributed by atoms with E-state index in [0.717, 1.165) is 12.8 Å². The van der Waals surface area contributed by atoms with Gasteiger partial charge in [-0.05, 0) is 54.4 Å². The average molecular weight is 365 g/mol. The quantitative estimate of drug-likeness (QED) is 0.296. The first kappa shape index (κ1) is 22.7. The van der Waals surface area contributed by atoms with Crippen molar-refractivity contribution in [3.05, 3.63) is 11.6 Å². The number of terminal acetylenes is 1. The minimum absolute atomic E-state index is 0.00904. The van der Waals surface area contributed by atoms with Gasteiger partial charge in [-0.3, -0.25) is 4.79 Å². The van der Waals surface area contributed by atoms with Crippen LogP contribution in [0.1, 0.15) is 68.2 Å². The second kappa shape index (κ2) is 9.06. The van der Waals surface area contributed by atoms with Crippen LogP contribution in [0.4, 0.5) is 0 Å². The van der Waals surface area contributed by atoms with Crippen molar-refractivity contribution >= 4 is 5.97 Å². The predicted molar refractivity (Wildman–Crippen MR) is 104 cm³/mol. The minimum Gasteiger partial charge on any atom is -0.465 e. The fourth-order valence-corrected chi connectivity index (χ4v) is 3.03.